The van der Waals surface area contributed by atoms with E-state index in [9.17, 15) is 0 Å². The fraction of sp³-hybridized carbons (Fsp3) is 0.737. The third-order valence-electron chi connectivity index (χ3n) is 4.09. The number of halogens is 1. The van der Waals surface area contributed by atoms with Gasteiger partial charge in [-0.2, -0.15) is 0 Å². The molecule has 2 heteroatoms. The number of H-pyrrole nitrogens is 1. The molecule has 0 aliphatic carbocycles. The molecule has 1 heterocycles. The highest BCUT2D eigenvalue weighted by molar-refractivity contribution is 5.04. The van der Waals surface area contributed by atoms with Gasteiger partial charge in [0.05, 0.1) is 0 Å². The van der Waals surface area contributed by atoms with E-state index in [0.29, 0.717) is 0 Å². The summed E-state index contributed by atoms with van der Waals surface area (Å²) in [5, 5.41) is 0. The Balaban J connectivity index is 0.00000400. The Morgan fingerprint density at radius 2 is 1.29 bits per heavy atom. The molecule has 0 spiro atoms. The van der Waals surface area contributed by atoms with Crippen molar-refractivity contribution in [2.45, 2.75) is 90.4 Å². The Hall–Kier alpha value is -0.560. The van der Waals surface area contributed by atoms with Crippen LogP contribution in [0.25, 0.3) is 0 Å². The summed E-state index contributed by atoms with van der Waals surface area (Å²) in [6.45, 7) is 2.29. The lowest BCUT2D eigenvalue weighted by molar-refractivity contribution is -0.378. The minimum atomic E-state index is 0. The number of aromatic amines is 1. The molecule has 21 heavy (non-hydrogen) atoms. The molecule has 0 unspecified atom stereocenters. The van der Waals surface area contributed by atoms with Crippen molar-refractivity contribution in [1.29, 1.82) is 0 Å². The zero-order valence-corrected chi connectivity index (χ0v) is 14.6. The van der Waals surface area contributed by atoms with Gasteiger partial charge in [-0.25, -0.2) is 4.98 Å². The molecule has 1 N–H and O–H groups in total. The van der Waals surface area contributed by atoms with Crippen LogP contribution in [-0.4, -0.2) is 0 Å². The highest BCUT2D eigenvalue weighted by Gasteiger charge is 1.96. The van der Waals surface area contributed by atoms with Crippen LogP contribution in [-0.2, 0) is 6.42 Å². The second-order valence-corrected chi connectivity index (χ2v) is 6.05. The molecule has 0 saturated heterocycles. The summed E-state index contributed by atoms with van der Waals surface area (Å²) in [4.78, 5) is 3.15. The zero-order chi connectivity index (χ0) is 14.3. The number of hydrogen-bond acceptors (Lipinski definition) is 0. The van der Waals surface area contributed by atoms with Gasteiger partial charge in [-0.3, -0.25) is 0 Å². The van der Waals surface area contributed by atoms with Gasteiger partial charge < -0.3 is 12.4 Å². The monoisotopic (exact) mass is 311 g/mol. The molecular weight excluding hydrogens is 278 g/mol. The van der Waals surface area contributed by atoms with Crippen LogP contribution in [0.3, 0.4) is 0 Å². The van der Waals surface area contributed by atoms with Crippen molar-refractivity contribution in [3.8, 4) is 0 Å². The molecule has 1 aromatic rings. The van der Waals surface area contributed by atoms with Gasteiger partial charge in [-0.1, -0.05) is 77.6 Å². The van der Waals surface area contributed by atoms with Crippen LogP contribution in [0.1, 0.15) is 89.5 Å². The summed E-state index contributed by atoms with van der Waals surface area (Å²) < 4.78 is 0. The fourth-order valence-electron chi connectivity index (χ4n) is 2.76. The van der Waals surface area contributed by atoms with E-state index >= 15 is 0 Å². The predicted octanol–water partition coefficient (Wildman–Crippen LogP) is 2.75. The van der Waals surface area contributed by atoms with Crippen LogP contribution in [0.15, 0.2) is 24.5 Å². The second-order valence-electron chi connectivity index (χ2n) is 6.05. The summed E-state index contributed by atoms with van der Waals surface area (Å²) in [6, 6.07) is 4.31. The van der Waals surface area contributed by atoms with E-state index in [4.69, 9.17) is 0 Å². The van der Waals surface area contributed by atoms with E-state index < -0.39 is 0 Å². The number of aryl methyl sites for hydroxylation is 1. The Bertz CT molecular complexity index is 300. The zero-order valence-electron chi connectivity index (χ0n) is 13.9. The molecule has 0 atom stereocenters. The molecule has 0 fully saturated rings. The second kappa shape index (κ2) is 15.8. The molecule has 122 valence electrons. The third-order valence-corrected chi connectivity index (χ3v) is 4.09. The normalized spacial score (nSPS) is 10.3. The van der Waals surface area contributed by atoms with Crippen LogP contribution in [0, 0.1) is 0 Å². The lowest BCUT2D eigenvalue weighted by Gasteiger charge is -2.02. The summed E-state index contributed by atoms with van der Waals surface area (Å²) in [6.07, 6.45) is 22.5. The van der Waals surface area contributed by atoms with E-state index in [1.807, 2.05) is 6.20 Å². The fourth-order valence-corrected chi connectivity index (χ4v) is 2.76. The largest absolute Gasteiger partial charge is 1.00 e. The van der Waals surface area contributed by atoms with Crippen LogP contribution in [0.2, 0.25) is 0 Å². The maximum absolute atomic E-state index is 3.15. The van der Waals surface area contributed by atoms with Gasteiger partial charge in [-0.05, 0) is 18.9 Å². The van der Waals surface area contributed by atoms with Crippen molar-refractivity contribution in [3.63, 3.8) is 0 Å². The van der Waals surface area contributed by atoms with Gasteiger partial charge in [0.25, 0.3) is 0 Å². The summed E-state index contributed by atoms with van der Waals surface area (Å²) in [5.41, 5.74) is 1.44. The summed E-state index contributed by atoms with van der Waals surface area (Å²) in [5.74, 6) is 0. The van der Waals surface area contributed by atoms with Gasteiger partial charge in [0.15, 0.2) is 12.4 Å². The molecule has 0 aliphatic heterocycles. The first kappa shape index (κ1) is 20.4. The summed E-state index contributed by atoms with van der Waals surface area (Å²) in [7, 11) is 0. The Morgan fingerprint density at radius 1 is 0.762 bits per heavy atom. The molecule has 0 aliphatic rings. The standard InChI is InChI=1S/C19H33N.ClH/c1-2-3-4-5-6-7-8-9-10-11-12-13-15-19-16-14-17-20-18-19;/h14,16-18H,2-13,15H2,1H3;1H. The van der Waals surface area contributed by atoms with Crippen molar-refractivity contribution in [1.82, 2.24) is 0 Å². The minimum absolute atomic E-state index is 0. The molecule has 0 amide bonds. The van der Waals surface area contributed by atoms with Crippen molar-refractivity contribution in [2.75, 3.05) is 0 Å². The topological polar surface area (TPSA) is 14.1 Å². The molecule has 0 saturated carbocycles. The van der Waals surface area contributed by atoms with Gasteiger partial charge in [-0.15, -0.1) is 0 Å². The third kappa shape index (κ3) is 12.9. The number of pyridine rings is 1. The van der Waals surface area contributed by atoms with Crippen molar-refractivity contribution in [2.24, 2.45) is 0 Å². The lowest BCUT2D eigenvalue weighted by Crippen LogP contribution is -3.00. The number of rotatable bonds is 13. The van der Waals surface area contributed by atoms with E-state index in [2.05, 4.69) is 30.2 Å². The molecule has 1 rings (SSSR count). The highest BCUT2D eigenvalue weighted by atomic mass is 35.5. The molecule has 1 aromatic heterocycles. The van der Waals surface area contributed by atoms with E-state index in [1.165, 1.54) is 89.0 Å². The first-order valence-corrected chi connectivity index (χ1v) is 8.88. The Labute approximate surface area is 138 Å². The van der Waals surface area contributed by atoms with Gasteiger partial charge in [0.2, 0.25) is 0 Å². The number of nitrogens with one attached hydrogen (secondary N) is 1. The maximum atomic E-state index is 3.15. The van der Waals surface area contributed by atoms with E-state index in [-0.39, 0.29) is 12.4 Å². The van der Waals surface area contributed by atoms with Gasteiger partial charge in [0, 0.05) is 11.6 Å². The number of unbranched alkanes of at least 4 members (excludes halogenated alkanes) is 11. The first-order chi connectivity index (χ1) is 9.93. The number of hydrogen-bond donors (Lipinski definition) is 0. The van der Waals surface area contributed by atoms with Crippen LogP contribution in [0.4, 0.5) is 0 Å². The molecule has 0 radical (unpaired) electrons. The van der Waals surface area contributed by atoms with Crippen LogP contribution in [0.5, 0.6) is 0 Å². The first-order valence-electron chi connectivity index (χ1n) is 8.88. The molecule has 1 nitrogen and oxygen atoms in total. The van der Waals surface area contributed by atoms with Crippen LogP contribution < -0.4 is 17.4 Å². The van der Waals surface area contributed by atoms with Gasteiger partial charge >= 0.3 is 0 Å². The molecular formula is C19H34ClN. The molecule has 0 aromatic carbocycles. The molecule has 0 bridgehead atoms. The van der Waals surface area contributed by atoms with Crippen molar-refractivity contribution in [3.05, 3.63) is 30.1 Å². The maximum Gasteiger partial charge on any atom is 0.170 e. The highest BCUT2D eigenvalue weighted by Crippen LogP contribution is 2.12. The average Bonchev–Trinajstić information content (AvgIpc) is 2.49. The SMILES string of the molecule is CCCCCCCCCCCCCCc1ccc[nH+]c1.[Cl-]. The van der Waals surface area contributed by atoms with E-state index in [0.717, 1.165) is 0 Å². The van der Waals surface area contributed by atoms with Crippen LogP contribution >= 0.6 is 0 Å². The van der Waals surface area contributed by atoms with Crippen molar-refractivity contribution < 1.29 is 17.4 Å². The van der Waals surface area contributed by atoms with E-state index in [1.54, 1.807) is 0 Å². The quantitative estimate of drug-likeness (QED) is 0.497. The Morgan fingerprint density at radius 3 is 1.76 bits per heavy atom. The average molecular weight is 312 g/mol. The van der Waals surface area contributed by atoms with Gasteiger partial charge in [0.1, 0.15) is 0 Å². The summed E-state index contributed by atoms with van der Waals surface area (Å²) >= 11 is 0. The van der Waals surface area contributed by atoms with Crippen molar-refractivity contribution >= 4 is 0 Å². The number of aromatic nitrogens is 1. The lowest BCUT2D eigenvalue weighted by atomic mass is 10.0. The predicted molar refractivity (Wildman–Crippen MR) is 87.8 cm³/mol. The minimum Gasteiger partial charge on any atom is -1.00 e. The smallest absolute Gasteiger partial charge is 0.170 e. The Kier molecular flexibility index (Phi) is 15.4.